The summed E-state index contributed by atoms with van der Waals surface area (Å²) >= 11 is 19.5. The van der Waals surface area contributed by atoms with Gasteiger partial charge < -0.3 is 0 Å². The Labute approximate surface area is 157 Å². The normalized spacial score (nSPS) is 13.2. The van der Waals surface area contributed by atoms with Crippen molar-refractivity contribution in [2.24, 2.45) is 0 Å². The van der Waals surface area contributed by atoms with E-state index in [0.717, 1.165) is 22.0 Å². The molecule has 0 amide bonds. The molecule has 1 aromatic heterocycles. The van der Waals surface area contributed by atoms with E-state index in [1.54, 1.807) is 12.1 Å². The summed E-state index contributed by atoms with van der Waals surface area (Å²) in [5.74, 6) is 0.663. The van der Waals surface area contributed by atoms with Gasteiger partial charge in [-0.25, -0.2) is 4.68 Å². The fraction of sp³-hybridized carbons (Fsp3) is 0. The van der Waals surface area contributed by atoms with Gasteiger partial charge in [0.15, 0.2) is 5.82 Å². The van der Waals surface area contributed by atoms with Gasteiger partial charge in [-0.1, -0.05) is 58.7 Å². The van der Waals surface area contributed by atoms with Crippen LogP contribution in [0.15, 0.2) is 53.0 Å². The van der Waals surface area contributed by atoms with Gasteiger partial charge in [0.2, 0.25) is 5.16 Å². The Kier molecular flexibility index (Phi) is 4.18. The number of nitrogens with zero attached hydrogens (tertiary/aromatic N) is 3. The second kappa shape index (κ2) is 6.33. The van der Waals surface area contributed by atoms with Crippen molar-refractivity contribution in [3.05, 3.63) is 68.5 Å². The summed E-state index contributed by atoms with van der Waals surface area (Å²) in [6.45, 7) is 0. The maximum absolute atomic E-state index is 6.11. The van der Waals surface area contributed by atoms with Crippen LogP contribution in [-0.4, -0.2) is 14.9 Å². The summed E-state index contributed by atoms with van der Waals surface area (Å²) < 4.78 is 1.83. The summed E-state index contributed by atoms with van der Waals surface area (Å²) in [7, 11) is 0. The molecule has 8 heteroatoms. The molecule has 3 aromatic rings. The predicted molar refractivity (Wildman–Crippen MR) is 100 cm³/mol. The highest BCUT2D eigenvalue weighted by atomic mass is 35.5. The molecule has 0 radical (unpaired) electrons. The third kappa shape index (κ3) is 2.89. The monoisotopic (exact) mass is 394 g/mol. The molecule has 0 unspecified atom stereocenters. The van der Waals surface area contributed by atoms with Crippen LogP contribution in [0.5, 0.6) is 0 Å². The SMILES string of the molecule is Clc1ccc(C2=CSc3nnc(-c4ccc(Cl)c(Cl)c4)n3N2)cc1. The van der Waals surface area contributed by atoms with Crippen LogP contribution < -0.4 is 5.43 Å². The minimum Gasteiger partial charge on any atom is -0.289 e. The van der Waals surface area contributed by atoms with Gasteiger partial charge >= 0.3 is 0 Å². The molecule has 2 aromatic carbocycles. The van der Waals surface area contributed by atoms with Crippen molar-refractivity contribution < 1.29 is 0 Å². The number of halogens is 3. The van der Waals surface area contributed by atoms with Crippen LogP contribution in [0.1, 0.15) is 5.56 Å². The van der Waals surface area contributed by atoms with E-state index in [1.807, 2.05) is 40.4 Å². The molecule has 120 valence electrons. The highest BCUT2D eigenvalue weighted by Gasteiger charge is 2.20. The van der Waals surface area contributed by atoms with Crippen molar-refractivity contribution in [1.82, 2.24) is 14.9 Å². The Bertz CT molecular complexity index is 950. The number of aromatic nitrogens is 3. The Morgan fingerprint density at radius 1 is 0.875 bits per heavy atom. The topological polar surface area (TPSA) is 42.7 Å². The molecular formula is C16H9Cl3N4S. The third-order valence-electron chi connectivity index (χ3n) is 3.48. The Morgan fingerprint density at radius 3 is 2.38 bits per heavy atom. The molecule has 0 saturated heterocycles. The number of nitrogens with one attached hydrogen (secondary N) is 1. The van der Waals surface area contributed by atoms with Gasteiger partial charge in [0, 0.05) is 21.6 Å². The number of benzene rings is 2. The lowest BCUT2D eigenvalue weighted by atomic mass is 10.2. The smallest absolute Gasteiger partial charge is 0.214 e. The average Bonchev–Trinajstić information content (AvgIpc) is 3.01. The molecule has 0 fully saturated rings. The summed E-state index contributed by atoms with van der Waals surface area (Å²) in [6.07, 6.45) is 0. The Balaban J connectivity index is 1.71. The average molecular weight is 396 g/mol. The van der Waals surface area contributed by atoms with Crippen LogP contribution in [-0.2, 0) is 0 Å². The van der Waals surface area contributed by atoms with Gasteiger partial charge in [0.25, 0.3) is 0 Å². The van der Waals surface area contributed by atoms with E-state index in [9.17, 15) is 0 Å². The Morgan fingerprint density at radius 2 is 1.62 bits per heavy atom. The van der Waals surface area contributed by atoms with Crippen LogP contribution in [0.4, 0.5) is 0 Å². The summed E-state index contributed by atoms with van der Waals surface area (Å²) in [5.41, 5.74) is 6.11. The molecule has 0 bridgehead atoms. The Hall–Kier alpha value is -1.66. The van der Waals surface area contributed by atoms with Gasteiger partial charge in [-0.3, -0.25) is 5.43 Å². The molecule has 4 rings (SSSR count). The lowest BCUT2D eigenvalue weighted by Gasteiger charge is -2.19. The van der Waals surface area contributed by atoms with Crippen molar-refractivity contribution in [3.8, 4) is 11.4 Å². The van der Waals surface area contributed by atoms with E-state index in [1.165, 1.54) is 11.8 Å². The molecule has 0 saturated carbocycles. The second-order valence-corrected chi connectivity index (χ2v) is 7.13. The second-order valence-electron chi connectivity index (χ2n) is 5.04. The number of hydrogen-bond acceptors (Lipinski definition) is 4. The first-order valence-corrected chi connectivity index (χ1v) is 8.94. The fourth-order valence-corrected chi connectivity index (χ4v) is 3.45. The van der Waals surface area contributed by atoms with E-state index in [4.69, 9.17) is 34.8 Å². The molecular weight excluding hydrogens is 387 g/mol. The number of rotatable bonds is 2. The predicted octanol–water partition coefficient (Wildman–Crippen LogP) is 5.55. The zero-order chi connectivity index (χ0) is 16.7. The van der Waals surface area contributed by atoms with Crippen LogP contribution in [0, 0.1) is 0 Å². The summed E-state index contributed by atoms with van der Waals surface area (Å²) in [5, 5.41) is 12.9. The zero-order valence-electron chi connectivity index (χ0n) is 12.0. The van der Waals surface area contributed by atoms with Crippen LogP contribution in [0.3, 0.4) is 0 Å². The van der Waals surface area contributed by atoms with Crippen LogP contribution in [0.25, 0.3) is 17.1 Å². The first-order chi connectivity index (χ1) is 11.6. The molecule has 4 nitrogen and oxygen atoms in total. The molecule has 1 N–H and O–H groups in total. The lowest BCUT2D eigenvalue weighted by molar-refractivity contribution is 0.826. The molecule has 1 aliphatic rings. The van der Waals surface area contributed by atoms with E-state index < -0.39 is 0 Å². The van der Waals surface area contributed by atoms with Crippen molar-refractivity contribution in [1.29, 1.82) is 0 Å². The largest absolute Gasteiger partial charge is 0.289 e. The van der Waals surface area contributed by atoms with Gasteiger partial charge in [-0.2, -0.15) is 0 Å². The van der Waals surface area contributed by atoms with Crippen LogP contribution >= 0.6 is 46.6 Å². The molecule has 24 heavy (non-hydrogen) atoms. The minimum absolute atomic E-state index is 0.475. The fourth-order valence-electron chi connectivity index (χ4n) is 2.29. The third-order valence-corrected chi connectivity index (χ3v) is 5.30. The van der Waals surface area contributed by atoms with Crippen molar-refractivity contribution in [2.45, 2.75) is 5.16 Å². The first kappa shape index (κ1) is 15.8. The first-order valence-electron chi connectivity index (χ1n) is 6.92. The number of thioether (sulfide) groups is 1. The van der Waals surface area contributed by atoms with E-state index in [2.05, 4.69) is 15.6 Å². The molecule has 0 aliphatic carbocycles. The van der Waals surface area contributed by atoms with Gasteiger partial charge in [-0.15, -0.1) is 10.2 Å². The number of hydrogen-bond donors (Lipinski definition) is 1. The highest BCUT2D eigenvalue weighted by molar-refractivity contribution is 8.02. The van der Waals surface area contributed by atoms with Crippen molar-refractivity contribution in [3.63, 3.8) is 0 Å². The van der Waals surface area contributed by atoms with E-state index >= 15 is 0 Å². The van der Waals surface area contributed by atoms with E-state index in [0.29, 0.717) is 20.9 Å². The van der Waals surface area contributed by atoms with Crippen molar-refractivity contribution in [2.75, 3.05) is 5.43 Å². The molecule has 0 spiro atoms. The molecule has 1 aliphatic heterocycles. The maximum Gasteiger partial charge on any atom is 0.214 e. The maximum atomic E-state index is 6.11. The number of fused-ring (bicyclic) bond motifs is 1. The quantitative estimate of drug-likeness (QED) is 0.617. The minimum atomic E-state index is 0.475. The van der Waals surface area contributed by atoms with Crippen LogP contribution in [0.2, 0.25) is 15.1 Å². The van der Waals surface area contributed by atoms with Gasteiger partial charge in [0.05, 0.1) is 15.7 Å². The summed E-state index contributed by atoms with van der Waals surface area (Å²) in [6, 6.07) is 13.0. The van der Waals surface area contributed by atoms with Gasteiger partial charge in [0.1, 0.15) is 0 Å². The standard InChI is InChI=1S/C16H9Cl3N4S/c17-11-4-1-9(2-5-11)14-8-24-16-21-20-15(23(16)22-14)10-3-6-12(18)13(19)7-10/h1-8,22H. The van der Waals surface area contributed by atoms with Crippen molar-refractivity contribution >= 4 is 52.3 Å². The zero-order valence-corrected chi connectivity index (χ0v) is 15.1. The highest BCUT2D eigenvalue weighted by Crippen LogP contribution is 2.33. The molecule has 0 atom stereocenters. The summed E-state index contributed by atoms with van der Waals surface area (Å²) in [4.78, 5) is 0. The van der Waals surface area contributed by atoms with Gasteiger partial charge in [-0.05, 0) is 30.3 Å². The van der Waals surface area contributed by atoms with E-state index in [-0.39, 0.29) is 0 Å². The molecule has 2 heterocycles. The lowest BCUT2D eigenvalue weighted by Crippen LogP contribution is -2.18.